The average molecular weight is 285 g/mol. The number of hydrogen-bond acceptors (Lipinski definition) is 4. The Bertz CT molecular complexity index is 707. The Labute approximate surface area is 123 Å². The van der Waals surface area contributed by atoms with Gasteiger partial charge in [-0.25, -0.2) is 4.39 Å². The second-order valence-corrected chi connectivity index (χ2v) is 4.66. The number of nitrogens with zero attached hydrogens (tertiary/aromatic N) is 3. The molecule has 21 heavy (non-hydrogen) atoms. The first kappa shape index (κ1) is 14.9. The Hall–Kier alpha value is -2.48. The van der Waals surface area contributed by atoms with Crippen LogP contribution >= 0.6 is 0 Å². The molecule has 0 bridgehead atoms. The normalized spacial score (nSPS) is 10.2. The first-order valence-corrected chi connectivity index (χ1v) is 6.83. The van der Waals surface area contributed by atoms with Gasteiger partial charge in [-0.2, -0.15) is 10.4 Å². The van der Waals surface area contributed by atoms with Gasteiger partial charge in [0.2, 0.25) is 0 Å². The number of rotatable bonds is 4. The summed E-state index contributed by atoms with van der Waals surface area (Å²) in [6.45, 7) is 5.72. The molecular formula is C16H16FN3O. The van der Waals surface area contributed by atoms with Gasteiger partial charge in [0.1, 0.15) is 11.6 Å². The molecule has 0 aliphatic carbocycles. The minimum atomic E-state index is -0.496. The molecule has 5 heteroatoms. The van der Waals surface area contributed by atoms with Crippen LogP contribution in [0.4, 0.5) is 4.39 Å². The predicted octanol–water partition coefficient (Wildman–Crippen LogP) is 3.71. The Morgan fingerprint density at radius 2 is 2.00 bits per heavy atom. The molecule has 1 aromatic carbocycles. The molecule has 1 heterocycles. The summed E-state index contributed by atoms with van der Waals surface area (Å²) in [5.41, 5.74) is 2.76. The number of ether oxygens (including phenoxy) is 1. The number of halogens is 1. The quantitative estimate of drug-likeness (QED) is 0.859. The summed E-state index contributed by atoms with van der Waals surface area (Å²) >= 11 is 0. The average Bonchev–Trinajstić information content (AvgIpc) is 2.50. The molecule has 0 radical (unpaired) electrons. The number of hydrogen-bond donors (Lipinski definition) is 0. The van der Waals surface area contributed by atoms with Crippen LogP contribution in [0.15, 0.2) is 18.2 Å². The van der Waals surface area contributed by atoms with Crippen LogP contribution in [0.1, 0.15) is 36.2 Å². The van der Waals surface area contributed by atoms with E-state index >= 15 is 0 Å². The molecule has 0 N–H and O–H groups in total. The zero-order valence-electron chi connectivity index (χ0n) is 12.3. The predicted molar refractivity (Wildman–Crippen MR) is 76.7 cm³/mol. The second-order valence-electron chi connectivity index (χ2n) is 4.66. The summed E-state index contributed by atoms with van der Waals surface area (Å²) in [5, 5.41) is 17.4. The molecule has 0 spiro atoms. The van der Waals surface area contributed by atoms with Crippen LogP contribution in [0.3, 0.4) is 0 Å². The SMILES string of the molecule is CCc1nnc(Oc2cc(C)ccc2F)c(C#N)c1CC. The number of nitriles is 1. The Balaban J connectivity index is 2.50. The van der Waals surface area contributed by atoms with Crippen LogP contribution in [-0.4, -0.2) is 10.2 Å². The zero-order valence-corrected chi connectivity index (χ0v) is 12.3. The van der Waals surface area contributed by atoms with Crippen molar-refractivity contribution in [3.63, 3.8) is 0 Å². The zero-order chi connectivity index (χ0) is 15.4. The van der Waals surface area contributed by atoms with Crippen molar-refractivity contribution in [3.8, 4) is 17.7 Å². The molecule has 0 amide bonds. The van der Waals surface area contributed by atoms with Crippen molar-refractivity contribution >= 4 is 0 Å². The van der Waals surface area contributed by atoms with E-state index in [1.54, 1.807) is 12.1 Å². The highest BCUT2D eigenvalue weighted by Gasteiger charge is 2.17. The summed E-state index contributed by atoms with van der Waals surface area (Å²) < 4.78 is 19.2. The molecule has 2 aromatic rings. The van der Waals surface area contributed by atoms with Crippen LogP contribution in [0.2, 0.25) is 0 Å². The van der Waals surface area contributed by atoms with E-state index in [1.165, 1.54) is 6.07 Å². The molecule has 4 nitrogen and oxygen atoms in total. The number of benzene rings is 1. The lowest BCUT2D eigenvalue weighted by molar-refractivity contribution is 0.418. The van der Waals surface area contributed by atoms with Crippen molar-refractivity contribution < 1.29 is 9.13 Å². The molecule has 0 unspecified atom stereocenters. The highest BCUT2D eigenvalue weighted by atomic mass is 19.1. The molecule has 0 atom stereocenters. The van der Waals surface area contributed by atoms with E-state index in [9.17, 15) is 9.65 Å². The van der Waals surface area contributed by atoms with Crippen molar-refractivity contribution in [2.24, 2.45) is 0 Å². The summed E-state index contributed by atoms with van der Waals surface area (Å²) in [4.78, 5) is 0. The third kappa shape index (κ3) is 3.00. The van der Waals surface area contributed by atoms with Crippen molar-refractivity contribution in [2.45, 2.75) is 33.6 Å². The van der Waals surface area contributed by atoms with Gasteiger partial charge in [-0.3, -0.25) is 0 Å². The summed E-state index contributed by atoms with van der Waals surface area (Å²) in [6, 6.07) is 6.64. The van der Waals surface area contributed by atoms with E-state index in [2.05, 4.69) is 16.3 Å². The van der Waals surface area contributed by atoms with Gasteiger partial charge in [0.15, 0.2) is 11.6 Å². The lowest BCUT2D eigenvalue weighted by atomic mass is 10.0. The fourth-order valence-corrected chi connectivity index (χ4v) is 2.13. The Morgan fingerprint density at radius 3 is 2.62 bits per heavy atom. The van der Waals surface area contributed by atoms with E-state index in [0.717, 1.165) is 16.8 Å². The van der Waals surface area contributed by atoms with Crippen molar-refractivity contribution in [1.82, 2.24) is 10.2 Å². The maximum Gasteiger partial charge on any atom is 0.257 e. The van der Waals surface area contributed by atoms with Gasteiger partial charge in [-0.15, -0.1) is 5.10 Å². The lowest BCUT2D eigenvalue weighted by Gasteiger charge is -2.11. The highest BCUT2D eigenvalue weighted by Crippen LogP contribution is 2.28. The summed E-state index contributed by atoms with van der Waals surface area (Å²) in [6.07, 6.45) is 1.33. The van der Waals surface area contributed by atoms with E-state index in [4.69, 9.17) is 4.74 Å². The third-order valence-electron chi connectivity index (χ3n) is 3.22. The van der Waals surface area contributed by atoms with Gasteiger partial charge in [0.25, 0.3) is 5.88 Å². The van der Waals surface area contributed by atoms with Crippen LogP contribution in [0.5, 0.6) is 11.6 Å². The molecular weight excluding hydrogens is 269 g/mol. The smallest absolute Gasteiger partial charge is 0.257 e. The van der Waals surface area contributed by atoms with Crippen LogP contribution in [0.25, 0.3) is 0 Å². The number of aromatic nitrogens is 2. The molecule has 0 aliphatic rings. The Kier molecular flexibility index (Phi) is 4.49. The van der Waals surface area contributed by atoms with Gasteiger partial charge in [-0.1, -0.05) is 19.9 Å². The van der Waals surface area contributed by atoms with Crippen LogP contribution in [-0.2, 0) is 12.8 Å². The topological polar surface area (TPSA) is 58.8 Å². The van der Waals surface area contributed by atoms with E-state index in [0.29, 0.717) is 18.4 Å². The molecule has 108 valence electrons. The second kappa shape index (κ2) is 6.31. The standard InChI is InChI=1S/C16H16FN3O/c1-4-11-12(9-18)16(20-19-14(11)5-2)21-15-8-10(3)6-7-13(15)17/h6-8H,4-5H2,1-3H3. The molecule has 2 rings (SSSR count). The third-order valence-corrected chi connectivity index (χ3v) is 3.22. The minimum absolute atomic E-state index is 0.0482. The van der Waals surface area contributed by atoms with E-state index in [-0.39, 0.29) is 11.6 Å². The molecule has 0 fully saturated rings. The van der Waals surface area contributed by atoms with Crippen molar-refractivity contribution in [1.29, 1.82) is 5.26 Å². The minimum Gasteiger partial charge on any atom is -0.433 e. The van der Waals surface area contributed by atoms with Crippen molar-refractivity contribution in [3.05, 3.63) is 46.4 Å². The lowest BCUT2D eigenvalue weighted by Crippen LogP contribution is -2.05. The largest absolute Gasteiger partial charge is 0.433 e. The Morgan fingerprint density at radius 1 is 1.24 bits per heavy atom. The van der Waals surface area contributed by atoms with Crippen molar-refractivity contribution in [2.75, 3.05) is 0 Å². The van der Waals surface area contributed by atoms with Gasteiger partial charge in [0, 0.05) is 0 Å². The maximum atomic E-state index is 13.8. The number of aryl methyl sites for hydroxylation is 2. The molecule has 1 aromatic heterocycles. The fraction of sp³-hybridized carbons (Fsp3) is 0.312. The van der Waals surface area contributed by atoms with E-state index < -0.39 is 5.82 Å². The molecule has 0 saturated carbocycles. The van der Waals surface area contributed by atoms with Gasteiger partial charge >= 0.3 is 0 Å². The van der Waals surface area contributed by atoms with Gasteiger partial charge < -0.3 is 4.74 Å². The monoisotopic (exact) mass is 285 g/mol. The summed E-state index contributed by atoms with van der Waals surface area (Å²) in [7, 11) is 0. The molecule has 0 aliphatic heterocycles. The summed E-state index contributed by atoms with van der Waals surface area (Å²) in [5.74, 6) is -0.396. The van der Waals surface area contributed by atoms with Gasteiger partial charge in [-0.05, 0) is 43.0 Å². The molecule has 0 saturated heterocycles. The fourth-order valence-electron chi connectivity index (χ4n) is 2.13. The maximum absolute atomic E-state index is 13.8. The van der Waals surface area contributed by atoms with Crippen LogP contribution < -0.4 is 4.74 Å². The first-order valence-electron chi connectivity index (χ1n) is 6.83. The first-order chi connectivity index (χ1) is 10.1. The van der Waals surface area contributed by atoms with E-state index in [1.807, 2.05) is 20.8 Å². The van der Waals surface area contributed by atoms with Gasteiger partial charge in [0.05, 0.1) is 5.69 Å². The highest BCUT2D eigenvalue weighted by molar-refractivity contribution is 5.48. The van der Waals surface area contributed by atoms with Crippen LogP contribution in [0, 0.1) is 24.1 Å².